The van der Waals surface area contributed by atoms with Gasteiger partial charge in [0.1, 0.15) is 0 Å². The van der Waals surface area contributed by atoms with Crippen molar-refractivity contribution in [3.8, 4) is 0 Å². The van der Waals surface area contributed by atoms with Gasteiger partial charge < -0.3 is 4.90 Å². The summed E-state index contributed by atoms with van der Waals surface area (Å²) >= 11 is 3.43. The Balaban J connectivity index is 1.63. The Kier molecular flexibility index (Phi) is 5.79. The minimum Gasteiger partial charge on any atom is -0.312 e. The van der Waals surface area contributed by atoms with E-state index in [1.54, 1.807) is 23.1 Å². The van der Waals surface area contributed by atoms with Crippen molar-refractivity contribution in [3.05, 3.63) is 58.1 Å². The predicted molar refractivity (Wildman–Crippen MR) is 106 cm³/mol. The molecule has 2 aromatic rings. The fraction of sp³-hybridized carbons (Fsp3) is 0.316. The highest BCUT2D eigenvalue weighted by molar-refractivity contribution is 9.10. The second-order valence-electron chi connectivity index (χ2n) is 6.34. The van der Waals surface area contributed by atoms with Gasteiger partial charge in [-0.3, -0.25) is 4.79 Å². The number of nitrogens with zero attached hydrogens (tertiary/aromatic N) is 1. The number of amides is 1. The van der Waals surface area contributed by atoms with Crippen LogP contribution in [0.15, 0.2) is 51.8 Å². The van der Waals surface area contributed by atoms with Gasteiger partial charge in [-0.05, 0) is 54.7 Å². The fourth-order valence-corrected chi connectivity index (χ4v) is 4.67. The lowest BCUT2D eigenvalue weighted by Gasteiger charge is -2.16. The molecule has 138 valence electrons. The van der Waals surface area contributed by atoms with E-state index in [0.717, 1.165) is 28.4 Å². The van der Waals surface area contributed by atoms with Gasteiger partial charge in [-0.2, -0.15) is 0 Å². The predicted octanol–water partition coefficient (Wildman–Crippen LogP) is 3.27. The van der Waals surface area contributed by atoms with Gasteiger partial charge in [0.2, 0.25) is 15.9 Å². The van der Waals surface area contributed by atoms with Crippen molar-refractivity contribution in [3.63, 3.8) is 0 Å². The average molecular weight is 437 g/mol. The summed E-state index contributed by atoms with van der Waals surface area (Å²) in [5.41, 5.74) is 2.87. The van der Waals surface area contributed by atoms with E-state index in [-0.39, 0.29) is 10.8 Å². The highest BCUT2D eigenvalue weighted by Gasteiger charge is 2.24. The van der Waals surface area contributed by atoms with E-state index in [9.17, 15) is 13.2 Å². The lowest BCUT2D eigenvalue weighted by molar-refractivity contribution is -0.116. The lowest BCUT2D eigenvalue weighted by atomic mass is 10.1. The first-order valence-corrected chi connectivity index (χ1v) is 10.8. The fourth-order valence-electron chi connectivity index (χ4n) is 3.13. The maximum Gasteiger partial charge on any atom is 0.240 e. The second-order valence-corrected chi connectivity index (χ2v) is 9.03. The van der Waals surface area contributed by atoms with E-state index in [1.165, 1.54) is 6.92 Å². The molecule has 0 aliphatic carbocycles. The van der Waals surface area contributed by atoms with Crippen molar-refractivity contribution < 1.29 is 13.2 Å². The van der Waals surface area contributed by atoms with Crippen LogP contribution in [-0.2, 0) is 27.7 Å². The number of fused-ring (bicyclic) bond motifs is 1. The Morgan fingerprint density at radius 2 is 2.04 bits per heavy atom. The molecule has 2 aromatic carbocycles. The van der Waals surface area contributed by atoms with Crippen molar-refractivity contribution in [2.75, 3.05) is 18.0 Å². The number of anilines is 1. The summed E-state index contributed by atoms with van der Waals surface area (Å²) in [5, 5.41) is 0. The molecule has 1 heterocycles. The molecule has 0 fully saturated rings. The standard InChI is InChI=1S/C19H21BrN2O3S/c1-14(23)22-11-9-16-7-8-18(13-19(16)22)26(24,25)21-10-3-5-15-4-2-6-17(20)12-15/h2,4,6-8,12-13,21H,3,5,9-11H2,1H3. The molecule has 1 N–H and O–H groups in total. The highest BCUT2D eigenvalue weighted by atomic mass is 79.9. The van der Waals surface area contributed by atoms with Crippen molar-refractivity contribution in [1.82, 2.24) is 4.72 Å². The molecule has 3 rings (SSSR count). The number of aryl methyl sites for hydroxylation is 1. The number of carbonyl (C=O) groups is 1. The van der Waals surface area contributed by atoms with Crippen LogP contribution in [0.25, 0.3) is 0 Å². The van der Waals surface area contributed by atoms with Crippen molar-refractivity contribution in [1.29, 1.82) is 0 Å². The number of carbonyl (C=O) groups excluding carboxylic acids is 1. The zero-order valence-electron chi connectivity index (χ0n) is 14.5. The molecule has 7 heteroatoms. The molecule has 0 spiro atoms. The van der Waals surface area contributed by atoms with Crippen LogP contribution in [-0.4, -0.2) is 27.4 Å². The Hall–Kier alpha value is -1.70. The van der Waals surface area contributed by atoms with E-state index in [0.29, 0.717) is 25.2 Å². The molecule has 0 unspecified atom stereocenters. The van der Waals surface area contributed by atoms with Gasteiger partial charge in [-0.25, -0.2) is 13.1 Å². The van der Waals surface area contributed by atoms with Crippen molar-refractivity contribution in [2.45, 2.75) is 31.1 Å². The first-order valence-electron chi connectivity index (χ1n) is 8.52. The number of sulfonamides is 1. The van der Waals surface area contributed by atoms with Crippen LogP contribution in [0, 0.1) is 0 Å². The maximum absolute atomic E-state index is 12.6. The largest absolute Gasteiger partial charge is 0.312 e. The summed E-state index contributed by atoms with van der Waals surface area (Å²) in [5.74, 6) is -0.0692. The van der Waals surface area contributed by atoms with Crippen LogP contribution in [0.1, 0.15) is 24.5 Å². The SMILES string of the molecule is CC(=O)N1CCc2ccc(S(=O)(=O)NCCCc3cccc(Br)c3)cc21. The minimum absolute atomic E-state index is 0.0692. The minimum atomic E-state index is -3.59. The molecule has 1 aliphatic rings. The zero-order chi connectivity index (χ0) is 18.7. The summed E-state index contributed by atoms with van der Waals surface area (Å²) in [6, 6.07) is 13.0. The summed E-state index contributed by atoms with van der Waals surface area (Å²) in [4.78, 5) is 13.5. The lowest BCUT2D eigenvalue weighted by Crippen LogP contribution is -2.27. The molecule has 1 amide bonds. The molecule has 0 radical (unpaired) electrons. The molecule has 1 aliphatic heterocycles. The molecule has 0 saturated carbocycles. The van der Waals surface area contributed by atoms with Gasteiger partial charge in [0, 0.05) is 30.2 Å². The number of halogens is 1. The zero-order valence-corrected chi connectivity index (χ0v) is 16.9. The van der Waals surface area contributed by atoms with Gasteiger partial charge in [-0.1, -0.05) is 34.1 Å². The summed E-state index contributed by atoms with van der Waals surface area (Å²) in [6.07, 6.45) is 2.26. The van der Waals surface area contributed by atoms with Crippen LogP contribution in [0.4, 0.5) is 5.69 Å². The van der Waals surface area contributed by atoms with Gasteiger partial charge in [-0.15, -0.1) is 0 Å². The first-order chi connectivity index (χ1) is 12.4. The Labute approximate surface area is 162 Å². The van der Waals surface area contributed by atoms with Gasteiger partial charge in [0.15, 0.2) is 0 Å². The van der Waals surface area contributed by atoms with E-state index in [4.69, 9.17) is 0 Å². The van der Waals surface area contributed by atoms with Crippen LogP contribution >= 0.6 is 15.9 Å². The summed E-state index contributed by atoms with van der Waals surface area (Å²) in [6.45, 7) is 2.47. The van der Waals surface area contributed by atoms with E-state index in [1.807, 2.05) is 24.3 Å². The van der Waals surface area contributed by atoms with E-state index in [2.05, 4.69) is 20.7 Å². The first kappa shape index (κ1) is 19.1. The second kappa shape index (κ2) is 7.90. The Morgan fingerprint density at radius 1 is 1.23 bits per heavy atom. The van der Waals surface area contributed by atoms with Crippen LogP contribution in [0.3, 0.4) is 0 Å². The Morgan fingerprint density at radius 3 is 2.77 bits per heavy atom. The molecule has 0 atom stereocenters. The molecule has 5 nitrogen and oxygen atoms in total. The smallest absolute Gasteiger partial charge is 0.240 e. The van der Waals surface area contributed by atoms with Gasteiger partial charge in [0.25, 0.3) is 0 Å². The summed E-state index contributed by atoms with van der Waals surface area (Å²) in [7, 11) is -3.59. The molecule has 26 heavy (non-hydrogen) atoms. The van der Waals surface area contributed by atoms with Gasteiger partial charge in [0.05, 0.1) is 4.90 Å². The molecule has 0 saturated heterocycles. The number of hydrogen-bond acceptors (Lipinski definition) is 3. The topological polar surface area (TPSA) is 66.5 Å². The average Bonchev–Trinajstić information content (AvgIpc) is 3.02. The van der Waals surface area contributed by atoms with Crippen LogP contribution in [0.2, 0.25) is 0 Å². The van der Waals surface area contributed by atoms with Crippen molar-refractivity contribution >= 4 is 37.5 Å². The number of benzene rings is 2. The van der Waals surface area contributed by atoms with Gasteiger partial charge >= 0.3 is 0 Å². The molecular weight excluding hydrogens is 416 g/mol. The Bertz CT molecular complexity index is 928. The van der Waals surface area contributed by atoms with E-state index >= 15 is 0 Å². The van der Waals surface area contributed by atoms with E-state index < -0.39 is 10.0 Å². The van der Waals surface area contributed by atoms with Crippen molar-refractivity contribution in [2.24, 2.45) is 0 Å². The molecule has 0 bridgehead atoms. The quantitative estimate of drug-likeness (QED) is 0.706. The monoisotopic (exact) mass is 436 g/mol. The third-order valence-electron chi connectivity index (χ3n) is 4.47. The highest BCUT2D eigenvalue weighted by Crippen LogP contribution is 2.30. The number of nitrogens with one attached hydrogen (secondary N) is 1. The van der Waals surface area contributed by atoms with Crippen LogP contribution in [0.5, 0.6) is 0 Å². The molecular formula is C19H21BrN2O3S. The third-order valence-corrected chi connectivity index (χ3v) is 6.42. The normalized spacial score (nSPS) is 13.7. The maximum atomic E-state index is 12.6. The summed E-state index contributed by atoms with van der Waals surface area (Å²) < 4.78 is 28.8. The number of hydrogen-bond donors (Lipinski definition) is 1. The molecule has 0 aromatic heterocycles. The number of rotatable bonds is 6. The van der Waals surface area contributed by atoms with Crippen LogP contribution < -0.4 is 9.62 Å². The third kappa shape index (κ3) is 4.34.